The molecular formula is C13H24O10. The van der Waals surface area contributed by atoms with Crippen LogP contribution in [0.25, 0.3) is 0 Å². The Kier molecular flexibility index (Phi) is 6.30. The fraction of sp³-hybridized carbons (Fsp3) is 1.00. The van der Waals surface area contributed by atoms with Crippen LogP contribution in [0.3, 0.4) is 0 Å². The lowest BCUT2D eigenvalue weighted by molar-refractivity contribution is -0.375. The lowest BCUT2D eigenvalue weighted by Gasteiger charge is -2.44. The van der Waals surface area contributed by atoms with Crippen molar-refractivity contribution in [1.82, 2.24) is 0 Å². The minimum atomic E-state index is -1.66. The van der Waals surface area contributed by atoms with Gasteiger partial charge in [-0.15, -0.1) is 0 Å². The van der Waals surface area contributed by atoms with E-state index in [9.17, 15) is 30.6 Å². The summed E-state index contributed by atoms with van der Waals surface area (Å²) >= 11 is 0. The zero-order valence-corrected chi connectivity index (χ0v) is 12.5. The third kappa shape index (κ3) is 3.66. The molecule has 2 heterocycles. The van der Waals surface area contributed by atoms with E-state index in [1.807, 2.05) is 0 Å². The van der Waals surface area contributed by atoms with Crippen LogP contribution in [0.2, 0.25) is 0 Å². The van der Waals surface area contributed by atoms with Crippen LogP contribution in [0.4, 0.5) is 0 Å². The molecule has 2 fully saturated rings. The molecule has 2 rings (SSSR count). The summed E-state index contributed by atoms with van der Waals surface area (Å²) < 4.78 is 15.7. The minimum absolute atomic E-state index is 0.333. The van der Waals surface area contributed by atoms with Gasteiger partial charge in [-0.3, -0.25) is 0 Å². The number of hydrogen-bond acceptors (Lipinski definition) is 10. The standard InChI is InChI=1S/C13H24O10/c1-2-4-6(15)8(17)10(19)12(21-4)23-13-11(20)9(18)7(16)5(3-14)22-13/h4-20H,2-3H2,1H3/t4?,5?,6-,7+,8?,9+,10-,11?,12-,13-/m1/s1. The quantitative estimate of drug-likeness (QED) is 0.268. The minimum Gasteiger partial charge on any atom is -0.394 e. The van der Waals surface area contributed by atoms with Crippen LogP contribution in [0.1, 0.15) is 13.3 Å². The van der Waals surface area contributed by atoms with Crippen molar-refractivity contribution >= 4 is 0 Å². The molecule has 10 heteroatoms. The van der Waals surface area contributed by atoms with E-state index in [1.165, 1.54) is 0 Å². The first-order valence-electron chi connectivity index (χ1n) is 7.47. The lowest BCUT2D eigenvalue weighted by atomic mass is 9.97. The van der Waals surface area contributed by atoms with Gasteiger partial charge in [0.2, 0.25) is 0 Å². The van der Waals surface area contributed by atoms with Crippen LogP contribution >= 0.6 is 0 Å². The molecule has 7 N–H and O–H groups in total. The van der Waals surface area contributed by atoms with Gasteiger partial charge in [0.25, 0.3) is 0 Å². The summed E-state index contributed by atoms with van der Waals surface area (Å²) in [5.74, 6) is 0. The van der Waals surface area contributed by atoms with E-state index in [4.69, 9.17) is 19.3 Å². The average molecular weight is 340 g/mol. The van der Waals surface area contributed by atoms with Gasteiger partial charge >= 0.3 is 0 Å². The van der Waals surface area contributed by atoms with E-state index in [0.29, 0.717) is 6.42 Å². The molecule has 0 amide bonds. The molecule has 0 aromatic rings. The van der Waals surface area contributed by atoms with E-state index < -0.39 is 68.0 Å². The molecule has 0 bridgehead atoms. The average Bonchev–Trinajstić information content (AvgIpc) is 2.55. The molecule has 2 saturated heterocycles. The first-order chi connectivity index (χ1) is 10.8. The molecule has 0 radical (unpaired) electrons. The first-order valence-corrected chi connectivity index (χ1v) is 7.47. The van der Waals surface area contributed by atoms with E-state index in [2.05, 4.69) is 0 Å². The Morgan fingerprint density at radius 1 is 0.696 bits per heavy atom. The molecule has 23 heavy (non-hydrogen) atoms. The molecular weight excluding hydrogens is 316 g/mol. The van der Waals surface area contributed by atoms with Gasteiger partial charge in [0, 0.05) is 0 Å². The second kappa shape index (κ2) is 7.66. The number of ether oxygens (including phenoxy) is 3. The van der Waals surface area contributed by atoms with Crippen LogP contribution in [-0.2, 0) is 14.2 Å². The van der Waals surface area contributed by atoms with E-state index in [-0.39, 0.29) is 0 Å². The maximum absolute atomic E-state index is 9.92. The van der Waals surface area contributed by atoms with Crippen LogP contribution in [0, 0.1) is 0 Å². The Bertz CT molecular complexity index is 344. The van der Waals surface area contributed by atoms with Gasteiger partial charge in [-0.25, -0.2) is 0 Å². The molecule has 136 valence electrons. The molecule has 10 nitrogen and oxygen atoms in total. The molecule has 2 aliphatic heterocycles. The highest BCUT2D eigenvalue weighted by Gasteiger charge is 2.49. The van der Waals surface area contributed by atoms with Crippen molar-refractivity contribution in [1.29, 1.82) is 0 Å². The lowest BCUT2D eigenvalue weighted by Crippen LogP contribution is -2.63. The van der Waals surface area contributed by atoms with E-state index >= 15 is 0 Å². The van der Waals surface area contributed by atoms with Crippen LogP contribution < -0.4 is 0 Å². The van der Waals surface area contributed by atoms with Gasteiger partial charge in [-0.1, -0.05) is 6.92 Å². The summed E-state index contributed by atoms with van der Waals surface area (Å²) in [6, 6.07) is 0. The molecule has 10 atom stereocenters. The third-order valence-corrected chi connectivity index (χ3v) is 4.19. The summed E-state index contributed by atoms with van der Waals surface area (Å²) in [6.07, 6.45) is -13.8. The molecule has 2 aliphatic rings. The Hall–Kier alpha value is -0.400. The molecule has 4 unspecified atom stereocenters. The predicted octanol–water partition coefficient (Wildman–Crippen LogP) is -3.98. The number of aliphatic hydroxyl groups excluding tert-OH is 7. The zero-order chi connectivity index (χ0) is 17.3. The Balaban J connectivity index is 2.07. The van der Waals surface area contributed by atoms with Crippen LogP contribution in [0.5, 0.6) is 0 Å². The Labute approximate surface area is 132 Å². The van der Waals surface area contributed by atoms with Gasteiger partial charge in [0.1, 0.15) is 42.7 Å². The maximum atomic E-state index is 9.92. The molecule has 0 spiro atoms. The fourth-order valence-electron chi connectivity index (χ4n) is 2.68. The van der Waals surface area contributed by atoms with Gasteiger partial charge in [0.05, 0.1) is 12.7 Å². The van der Waals surface area contributed by atoms with Crippen LogP contribution in [-0.4, -0.2) is 104 Å². The maximum Gasteiger partial charge on any atom is 0.189 e. The topological polar surface area (TPSA) is 169 Å². The van der Waals surface area contributed by atoms with E-state index in [0.717, 1.165) is 0 Å². The smallest absolute Gasteiger partial charge is 0.189 e. The largest absolute Gasteiger partial charge is 0.394 e. The molecule has 0 aromatic heterocycles. The summed E-state index contributed by atoms with van der Waals surface area (Å²) in [7, 11) is 0. The number of hydrogen-bond donors (Lipinski definition) is 7. The second-order valence-electron chi connectivity index (χ2n) is 5.76. The Morgan fingerprint density at radius 2 is 1.13 bits per heavy atom. The normalized spacial score (nSPS) is 51.7. The highest BCUT2D eigenvalue weighted by Crippen LogP contribution is 2.28. The third-order valence-electron chi connectivity index (χ3n) is 4.19. The number of rotatable bonds is 4. The summed E-state index contributed by atoms with van der Waals surface area (Å²) in [5.41, 5.74) is 0. The summed E-state index contributed by atoms with van der Waals surface area (Å²) in [5, 5.41) is 67.9. The van der Waals surface area contributed by atoms with Crippen molar-refractivity contribution in [3.63, 3.8) is 0 Å². The van der Waals surface area contributed by atoms with Gasteiger partial charge in [-0.05, 0) is 6.42 Å². The molecule has 0 aromatic carbocycles. The Morgan fingerprint density at radius 3 is 1.57 bits per heavy atom. The highest BCUT2D eigenvalue weighted by atomic mass is 16.8. The molecule has 0 saturated carbocycles. The summed E-state index contributed by atoms with van der Waals surface area (Å²) in [4.78, 5) is 0. The highest BCUT2D eigenvalue weighted by molar-refractivity contribution is 4.92. The van der Waals surface area contributed by atoms with Gasteiger partial charge in [0.15, 0.2) is 12.6 Å². The molecule has 0 aliphatic carbocycles. The number of aliphatic hydroxyl groups is 7. The zero-order valence-electron chi connectivity index (χ0n) is 12.5. The van der Waals surface area contributed by atoms with Crippen molar-refractivity contribution in [2.75, 3.05) is 6.61 Å². The van der Waals surface area contributed by atoms with Crippen molar-refractivity contribution in [3.05, 3.63) is 0 Å². The fourth-order valence-corrected chi connectivity index (χ4v) is 2.68. The SMILES string of the molecule is CCC1O[C@H](O[C@H]2OC(CO)[C@H](O)[C@H](O)C2O)[C@H](O)C(O)[C@@H]1O. The predicted molar refractivity (Wildman–Crippen MR) is 71.8 cm³/mol. The van der Waals surface area contributed by atoms with Crippen molar-refractivity contribution < 1.29 is 50.0 Å². The van der Waals surface area contributed by atoms with Gasteiger partial charge < -0.3 is 50.0 Å². The monoisotopic (exact) mass is 340 g/mol. The van der Waals surface area contributed by atoms with E-state index in [1.54, 1.807) is 6.92 Å². The van der Waals surface area contributed by atoms with Crippen molar-refractivity contribution in [2.24, 2.45) is 0 Å². The van der Waals surface area contributed by atoms with Crippen LogP contribution in [0.15, 0.2) is 0 Å². The van der Waals surface area contributed by atoms with Crippen molar-refractivity contribution in [2.45, 2.75) is 74.8 Å². The van der Waals surface area contributed by atoms with Gasteiger partial charge in [-0.2, -0.15) is 0 Å². The first kappa shape index (κ1) is 18.9. The second-order valence-corrected chi connectivity index (χ2v) is 5.76. The van der Waals surface area contributed by atoms with Crippen molar-refractivity contribution in [3.8, 4) is 0 Å². The summed E-state index contributed by atoms with van der Waals surface area (Å²) in [6.45, 7) is 1.07.